The Labute approximate surface area is 186 Å². The Morgan fingerprint density at radius 3 is 2.47 bits per heavy atom. The molecule has 32 heavy (non-hydrogen) atoms. The largest absolute Gasteiger partial charge is 0.487 e. The Morgan fingerprint density at radius 2 is 1.75 bits per heavy atom. The molecular formula is C26H23N3O3. The zero-order valence-electron chi connectivity index (χ0n) is 17.5. The van der Waals surface area contributed by atoms with Crippen LogP contribution in [0.25, 0.3) is 5.65 Å². The van der Waals surface area contributed by atoms with Gasteiger partial charge in [-0.25, -0.2) is 4.98 Å². The molecule has 0 atom stereocenters. The Balaban J connectivity index is 1.30. The molecule has 2 heterocycles. The predicted molar refractivity (Wildman–Crippen MR) is 122 cm³/mol. The van der Waals surface area contributed by atoms with E-state index in [9.17, 15) is 9.59 Å². The number of imidazole rings is 1. The fraction of sp³-hybridized carbons (Fsp3) is 0.115. The highest BCUT2D eigenvalue weighted by Gasteiger charge is 2.08. The number of amides is 1. The zero-order valence-corrected chi connectivity index (χ0v) is 17.5. The summed E-state index contributed by atoms with van der Waals surface area (Å²) in [6.45, 7) is 4.19. The van der Waals surface area contributed by atoms with E-state index in [0.717, 1.165) is 28.2 Å². The van der Waals surface area contributed by atoms with E-state index in [0.29, 0.717) is 25.1 Å². The van der Waals surface area contributed by atoms with Crippen molar-refractivity contribution in [1.82, 2.24) is 14.7 Å². The number of Topliss-reactive ketones (excluding diaryl/α,β-unsaturated/α-hetero) is 1. The lowest BCUT2D eigenvalue weighted by Gasteiger charge is -2.07. The molecule has 6 nitrogen and oxygen atoms in total. The SMILES string of the molecule is C=CC(=O)NCc1ccc(C(=O)Cc2ccc(OCc3cn4ccccc4n3)cc2)cc1. The summed E-state index contributed by atoms with van der Waals surface area (Å²) in [4.78, 5) is 28.4. The number of carbonyl (C=O) groups excluding carboxylic acids is 2. The van der Waals surface area contributed by atoms with Crippen LogP contribution >= 0.6 is 0 Å². The highest BCUT2D eigenvalue weighted by atomic mass is 16.5. The molecule has 4 aromatic rings. The van der Waals surface area contributed by atoms with Crippen molar-refractivity contribution in [1.29, 1.82) is 0 Å². The van der Waals surface area contributed by atoms with Gasteiger partial charge >= 0.3 is 0 Å². The fourth-order valence-corrected chi connectivity index (χ4v) is 3.27. The number of hydrogen-bond donors (Lipinski definition) is 1. The van der Waals surface area contributed by atoms with Gasteiger partial charge in [0, 0.05) is 30.9 Å². The van der Waals surface area contributed by atoms with Crippen LogP contribution in [0.1, 0.15) is 27.2 Å². The molecule has 160 valence electrons. The van der Waals surface area contributed by atoms with Gasteiger partial charge in [0.1, 0.15) is 18.0 Å². The number of nitrogens with zero attached hydrogens (tertiary/aromatic N) is 2. The molecule has 0 spiro atoms. The van der Waals surface area contributed by atoms with Crippen molar-refractivity contribution in [2.75, 3.05) is 0 Å². The van der Waals surface area contributed by atoms with E-state index in [1.165, 1.54) is 6.08 Å². The maximum atomic E-state index is 12.6. The summed E-state index contributed by atoms with van der Waals surface area (Å²) in [5.74, 6) is 0.533. The first kappa shape index (κ1) is 21.1. The van der Waals surface area contributed by atoms with E-state index < -0.39 is 0 Å². The third-order valence-corrected chi connectivity index (χ3v) is 5.02. The minimum Gasteiger partial charge on any atom is -0.487 e. The first-order chi connectivity index (χ1) is 15.6. The minimum atomic E-state index is -0.226. The Bertz CT molecular complexity index is 1210. The van der Waals surface area contributed by atoms with Gasteiger partial charge in [0.15, 0.2) is 5.78 Å². The second-order valence-electron chi connectivity index (χ2n) is 7.35. The molecule has 1 N–H and O–H groups in total. The van der Waals surface area contributed by atoms with Crippen molar-refractivity contribution in [3.8, 4) is 5.75 Å². The predicted octanol–water partition coefficient (Wildman–Crippen LogP) is 4.14. The number of rotatable bonds is 9. The standard InChI is InChI=1S/C26H23N3O3/c1-2-26(31)27-16-20-6-10-21(11-7-20)24(30)15-19-8-12-23(13-9-19)32-18-22-17-29-14-4-3-5-25(29)28-22/h2-14,17H,1,15-16,18H2,(H,27,31). The van der Waals surface area contributed by atoms with Crippen molar-refractivity contribution in [2.24, 2.45) is 0 Å². The summed E-state index contributed by atoms with van der Waals surface area (Å²) in [5.41, 5.74) is 4.20. The number of aromatic nitrogens is 2. The number of benzene rings is 2. The fourth-order valence-electron chi connectivity index (χ4n) is 3.27. The van der Waals surface area contributed by atoms with Crippen LogP contribution in [-0.2, 0) is 24.4 Å². The van der Waals surface area contributed by atoms with E-state index in [1.54, 1.807) is 12.1 Å². The second kappa shape index (κ2) is 9.75. The number of nitrogens with one attached hydrogen (secondary N) is 1. The molecule has 0 fully saturated rings. The van der Waals surface area contributed by atoms with Crippen LogP contribution in [0.15, 0.2) is 91.8 Å². The first-order valence-corrected chi connectivity index (χ1v) is 10.3. The van der Waals surface area contributed by atoms with Gasteiger partial charge in [-0.15, -0.1) is 0 Å². The second-order valence-corrected chi connectivity index (χ2v) is 7.35. The lowest BCUT2D eigenvalue weighted by atomic mass is 10.0. The molecular weight excluding hydrogens is 402 g/mol. The van der Waals surface area contributed by atoms with E-state index >= 15 is 0 Å². The molecule has 0 aliphatic rings. The summed E-state index contributed by atoms with van der Waals surface area (Å²) in [6, 6.07) is 20.6. The molecule has 0 bridgehead atoms. The number of pyridine rings is 1. The third-order valence-electron chi connectivity index (χ3n) is 5.02. The van der Waals surface area contributed by atoms with Crippen LogP contribution in [0.2, 0.25) is 0 Å². The molecule has 4 rings (SSSR count). The van der Waals surface area contributed by atoms with E-state index in [1.807, 2.05) is 71.4 Å². The van der Waals surface area contributed by atoms with Gasteiger partial charge in [-0.3, -0.25) is 9.59 Å². The van der Waals surface area contributed by atoms with Crippen molar-refractivity contribution < 1.29 is 14.3 Å². The molecule has 2 aromatic heterocycles. The molecule has 0 saturated heterocycles. The Hall–Kier alpha value is -4.19. The van der Waals surface area contributed by atoms with Crippen molar-refractivity contribution in [2.45, 2.75) is 19.6 Å². The number of carbonyl (C=O) groups is 2. The quantitative estimate of drug-likeness (QED) is 0.323. The molecule has 6 heteroatoms. The monoisotopic (exact) mass is 425 g/mol. The molecule has 0 saturated carbocycles. The average Bonchev–Trinajstić information content (AvgIpc) is 3.25. The van der Waals surface area contributed by atoms with Crippen LogP contribution < -0.4 is 10.1 Å². The van der Waals surface area contributed by atoms with Gasteiger partial charge in [-0.2, -0.15) is 0 Å². The highest BCUT2D eigenvalue weighted by molar-refractivity contribution is 5.97. The summed E-state index contributed by atoms with van der Waals surface area (Å²) in [6.07, 6.45) is 5.43. The maximum Gasteiger partial charge on any atom is 0.243 e. The van der Waals surface area contributed by atoms with Gasteiger partial charge in [0.05, 0.1) is 5.69 Å². The van der Waals surface area contributed by atoms with Gasteiger partial charge in [-0.1, -0.05) is 49.0 Å². The van der Waals surface area contributed by atoms with Crippen LogP contribution in [0, 0.1) is 0 Å². The van der Waals surface area contributed by atoms with Crippen LogP contribution in [0.5, 0.6) is 5.75 Å². The van der Waals surface area contributed by atoms with E-state index in [4.69, 9.17) is 4.74 Å². The first-order valence-electron chi connectivity index (χ1n) is 10.3. The van der Waals surface area contributed by atoms with Crippen LogP contribution in [-0.4, -0.2) is 21.1 Å². The molecule has 2 aromatic carbocycles. The highest BCUT2D eigenvalue weighted by Crippen LogP contribution is 2.16. The van der Waals surface area contributed by atoms with E-state index in [2.05, 4.69) is 16.9 Å². The maximum absolute atomic E-state index is 12.6. The zero-order chi connectivity index (χ0) is 22.3. The van der Waals surface area contributed by atoms with E-state index in [-0.39, 0.29) is 11.7 Å². The van der Waals surface area contributed by atoms with Crippen molar-refractivity contribution in [3.05, 3.63) is 114 Å². The van der Waals surface area contributed by atoms with Gasteiger partial charge in [0.2, 0.25) is 5.91 Å². The number of ether oxygens (including phenoxy) is 1. The molecule has 0 radical (unpaired) electrons. The van der Waals surface area contributed by atoms with Gasteiger partial charge in [0.25, 0.3) is 0 Å². The molecule has 0 aliphatic carbocycles. The topological polar surface area (TPSA) is 72.7 Å². The average molecular weight is 425 g/mol. The van der Waals surface area contributed by atoms with Gasteiger partial charge in [-0.05, 0) is 41.5 Å². The Morgan fingerprint density at radius 1 is 1.00 bits per heavy atom. The Kier molecular flexibility index (Phi) is 6.41. The number of ketones is 1. The van der Waals surface area contributed by atoms with Crippen molar-refractivity contribution >= 4 is 17.3 Å². The number of fused-ring (bicyclic) bond motifs is 1. The lowest BCUT2D eigenvalue weighted by molar-refractivity contribution is -0.116. The van der Waals surface area contributed by atoms with Crippen LogP contribution in [0.3, 0.4) is 0 Å². The molecule has 1 amide bonds. The minimum absolute atomic E-state index is 0.0324. The summed E-state index contributed by atoms with van der Waals surface area (Å²) >= 11 is 0. The smallest absolute Gasteiger partial charge is 0.243 e. The summed E-state index contributed by atoms with van der Waals surface area (Å²) in [7, 11) is 0. The van der Waals surface area contributed by atoms with Crippen LogP contribution in [0.4, 0.5) is 0 Å². The van der Waals surface area contributed by atoms with Crippen molar-refractivity contribution in [3.63, 3.8) is 0 Å². The third kappa shape index (κ3) is 5.29. The van der Waals surface area contributed by atoms with Gasteiger partial charge < -0.3 is 14.5 Å². The summed E-state index contributed by atoms with van der Waals surface area (Å²) < 4.78 is 7.79. The molecule has 0 aliphatic heterocycles. The number of hydrogen-bond acceptors (Lipinski definition) is 4. The lowest BCUT2D eigenvalue weighted by Crippen LogP contribution is -2.19. The summed E-state index contributed by atoms with van der Waals surface area (Å²) in [5, 5.41) is 2.71. The normalized spacial score (nSPS) is 10.6. The molecule has 0 unspecified atom stereocenters.